The Morgan fingerprint density at radius 3 is 2.43 bits per heavy atom. The monoisotopic (exact) mass is 310 g/mol. The van der Waals surface area contributed by atoms with Crippen LogP contribution in [0.3, 0.4) is 0 Å². The highest BCUT2D eigenvalue weighted by atomic mass is 16.5. The van der Waals surface area contributed by atoms with Crippen LogP contribution >= 0.6 is 0 Å². The second-order valence-corrected chi connectivity index (χ2v) is 5.41. The van der Waals surface area contributed by atoms with Crippen LogP contribution in [0.5, 0.6) is 0 Å². The minimum Gasteiger partial charge on any atom is -0.502 e. The summed E-state index contributed by atoms with van der Waals surface area (Å²) in [4.78, 5) is 12.1. The molecule has 2 rings (SSSR count). The highest BCUT2D eigenvalue weighted by Crippen LogP contribution is 2.24. The van der Waals surface area contributed by atoms with Crippen molar-refractivity contribution in [3.05, 3.63) is 78.3 Å². The molecule has 23 heavy (non-hydrogen) atoms. The predicted octanol–water partition coefficient (Wildman–Crippen LogP) is 5.03. The maximum atomic E-state index is 12.1. The van der Waals surface area contributed by atoms with Crippen molar-refractivity contribution in [2.45, 2.75) is 25.7 Å². The number of carbonyl (C=O) groups excluding carboxylic acids is 1. The molecule has 0 spiro atoms. The van der Waals surface area contributed by atoms with Gasteiger partial charge in [0.1, 0.15) is 5.76 Å². The number of benzene rings is 1. The Kier molecular flexibility index (Phi) is 5.98. The minimum atomic E-state index is -0.387. The van der Waals surface area contributed by atoms with Crippen LogP contribution in [0.25, 0.3) is 5.57 Å². The van der Waals surface area contributed by atoms with Gasteiger partial charge in [0, 0.05) is 12.8 Å². The van der Waals surface area contributed by atoms with E-state index >= 15 is 0 Å². The summed E-state index contributed by atoms with van der Waals surface area (Å²) in [6.07, 6.45) is 9.51. The van der Waals surface area contributed by atoms with E-state index in [-0.39, 0.29) is 5.97 Å². The first kappa shape index (κ1) is 16.8. The molecule has 3 heteroatoms. The van der Waals surface area contributed by atoms with Crippen molar-refractivity contribution < 1.29 is 14.3 Å². The smallest absolute Gasteiger partial charge is 0.343 e. The van der Waals surface area contributed by atoms with Crippen molar-refractivity contribution in [3.63, 3.8) is 0 Å². The fourth-order valence-electron chi connectivity index (χ4n) is 2.29. The minimum absolute atomic E-state index is 0.387. The third kappa shape index (κ3) is 4.99. The van der Waals surface area contributed by atoms with E-state index in [0.717, 1.165) is 18.4 Å². The summed E-state index contributed by atoms with van der Waals surface area (Å²) < 4.78 is 10.2. The topological polar surface area (TPSA) is 35.5 Å². The molecule has 0 radical (unpaired) electrons. The molecule has 0 atom stereocenters. The van der Waals surface area contributed by atoms with E-state index < -0.39 is 0 Å². The van der Waals surface area contributed by atoms with E-state index in [1.165, 1.54) is 5.57 Å². The lowest BCUT2D eigenvalue weighted by molar-refractivity contribution is 0.0614. The van der Waals surface area contributed by atoms with Gasteiger partial charge in [-0.15, -0.1) is 0 Å². The van der Waals surface area contributed by atoms with Crippen molar-refractivity contribution >= 4 is 11.5 Å². The van der Waals surface area contributed by atoms with Gasteiger partial charge in [-0.1, -0.05) is 43.5 Å². The van der Waals surface area contributed by atoms with Crippen LogP contribution in [0, 0.1) is 0 Å². The zero-order chi connectivity index (χ0) is 16.7. The van der Waals surface area contributed by atoms with Gasteiger partial charge in [-0.25, -0.2) is 4.79 Å². The zero-order valence-corrected chi connectivity index (χ0v) is 13.5. The van der Waals surface area contributed by atoms with E-state index in [0.29, 0.717) is 29.9 Å². The Balaban J connectivity index is 1.92. The summed E-state index contributed by atoms with van der Waals surface area (Å²) in [5.41, 5.74) is 2.95. The lowest BCUT2D eigenvalue weighted by Gasteiger charge is -2.11. The van der Waals surface area contributed by atoms with Crippen LogP contribution in [0.2, 0.25) is 0 Å². The molecule has 1 aromatic carbocycles. The highest BCUT2D eigenvalue weighted by Gasteiger charge is 2.11. The van der Waals surface area contributed by atoms with Gasteiger partial charge in [0.25, 0.3) is 0 Å². The number of rotatable bonds is 7. The van der Waals surface area contributed by atoms with E-state index in [4.69, 9.17) is 9.47 Å². The second-order valence-electron chi connectivity index (χ2n) is 5.41. The average molecular weight is 310 g/mol. The maximum absolute atomic E-state index is 12.1. The third-order valence-corrected chi connectivity index (χ3v) is 3.71. The van der Waals surface area contributed by atoms with Crippen molar-refractivity contribution in [2.24, 2.45) is 0 Å². The van der Waals surface area contributed by atoms with Crippen LogP contribution in [0.15, 0.2) is 67.2 Å². The fourth-order valence-corrected chi connectivity index (χ4v) is 2.29. The molecule has 1 aromatic rings. The van der Waals surface area contributed by atoms with Crippen LogP contribution in [-0.4, -0.2) is 13.1 Å². The fraction of sp³-hybridized carbons (Fsp3) is 0.250. The van der Waals surface area contributed by atoms with Crippen LogP contribution in [0.4, 0.5) is 0 Å². The van der Waals surface area contributed by atoms with Gasteiger partial charge in [-0.3, -0.25) is 0 Å². The largest absolute Gasteiger partial charge is 0.502 e. The van der Waals surface area contributed by atoms with Gasteiger partial charge in [-0.05, 0) is 36.1 Å². The summed E-state index contributed by atoms with van der Waals surface area (Å²) in [7, 11) is 1.57. The molecule has 120 valence electrons. The number of allylic oxidation sites excluding steroid dienone is 6. The average Bonchev–Trinajstić information content (AvgIpc) is 2.60. The Hall–Kier alpha value is -2.55. The van der Waals surface area contributed by atoms with Crippen molar-refractivity contribution in [3.8, 4) is 0 Å². The molecule has 0 heterocycles. The number of methoxy groups -OCH3 is 1. The molecule has 0 aromatic heterocycles. The molecular formula is C20H22O3. The number of ether oxygens (including phenoxy) is 2. The summed E-state index contributed by atoms with van der Waals surface area (Å²) in [6, 6.07) is 7.49. The van der Waals surface area contributed by atoms with Gasteiger partial charge in [0.15, 0.2) is 0 Å². The molecule has 3 nitrogen and oxygen atoms in total. The van der Waals surface area contributed by atoms with Crippen LogP contribution < -0.4 is 0 Å². The van der Waals surface area contributed by atoms with Gasteiger partial charge >= 0.3 is 5.97 Å². The normalized spacial score (nSPS) is 13.2. The molecule has 0 aliphatic heterocycles. The molecular weight excluding hydrogens is 288 g/mol. The Morgan fingerprint density at radius 1 is 1.13 bits per heavy atom. The van der Waals surface area contributed by atoms with Gasteiger partial charge in [-0.2, -0.15) is 0 Å². The van der Waals surface area contributed by atoms with Crippen LogP contribution in [-0.2, 0) is 9.47 Å². The third-order valence-electron chi connectivity index (χ3n) is 3.71. The van der Waals surface area contributed by atoms with Crippen molar-refractivity contribution in [1.82, 2.24) is 0 Å². The zero-order valence-electron chi connectivity index (χ0n) is 13.5. The van der Waals surface area contributed by atoms with E-state index in [1.807, 2.05) is 12.1 Å². The van der Waals surface area contributed by atoms with Gasteiger partial charge < -0.3 is 9.47 Å². The lowest BCUT2D eigenvalue weighted by atomic mass is 9.97. The lowest BCUT2D eigenvalue weighted by Crippen LogP contribution is -2.05. The first-order valence-corrected chi connectivity index (χ1v) is 7.68. The molecule has 0 N–H and O–H groups in total. The molecule has 0 amide bonds. The van der Waals surface area contributed by atoms with Gasteiger partial charge in [0.2, 0.25) is 0 Å². The van der Waals surface area contributed by atoms with Crippen molar-refractivity contribution in [1.29, 1.82) is 0 Å². The number of hydrogen-bond acceptors (Lipinski definition) is 3. The maximum Gasteiger partial charge on any atom is 0.343 e. The number of hydrogen-bond donors (Lipinski definition) is 0. The first-order valence-electron chi connectivity index (χ1n) is 7.68. The first-order chi connectivity index (χ1) is 11.1. The molecule has 1 aliphatic carbocycles. The van der Waals surface area contributed by atoms with Gasteiger partial charge in [0.05, 0.1) is 18.4 Å². The van der Waals surface area contributed by atoms with E-state index in [9.17, 15) is 4.79 Å². The summed E-state index contributed by atoms with van der Waals surface area (Å²) in [6.45, 7) is 7.48. The second kappa shape index (κ2) is 8.18. The van der Waals surface area contributed by atoms with E-state index in [1.54, 1.807) is 19.2 Å². The summed E-state index contributed by atoms with van der Waals surface area (Å²) >= 11 is 0. The molecule has 0 saturated carbocycles. The SMILES string of the molecule is C=C(CCC(=C)OC(=O)c1ccc(C2=CC=CCC2)cc1)OC. The highest BCUT2D eigenvalue weighted by molar-refractivity contribution is 5.90. The molecule has 0 saturated heterocycles. The number of carbonyl (C=O) groups is 1. The Morgan fingerprint density at radius 2 is 1.83 bits per heavy atom. The summed E-state index contributed by atoms with van der Waals surface area (Å²) in [5.74, 6) is 0.667. The number of esters is 1. The molecule has 1 aliphatic rings. The van der Waals surface area contributed by atoms with E-state index in [2.05, 4.69) is 31.4 Å². The Bertz CT molecular complexity index is 648. The van der Waals surface area contributed by atoms with Crippen LogP contribution in [0.1, 0.15) is 41.6 Å². The summed E-state index contributed by atoms with van der Waals surface area (Å²) in [5, 5.41) is 0. The molecule has 0 unspecified atom stereocenters. The predicted molar refractivity (Wildman–Crippen MR) is 92.7 cm³/mol. The quantitative estimate of drug-likeness (QED) is 0.523. The standard InChI is InChI=1S/C20H22O3/c1-15(22-3)9-10-16(2)23-20(21)19-13-11-18(12-14-19)17-7-5-4-6-8-17/h4-5,7,11-14H,1-2,6,8-10H2,3H3. The Labute approximate surface area is 137 Å². The molecule has 0 fully saturated rings. The molecule has 0 bridgehead atoms. The van der Waals surface area contributed by atoms with Crippen molar-refractivity contribution in [2.75, 3.05) is 7.11 Å².